The smallest absolute Gasteiger partial charge is 0.225 e. The largest absolute Gasteiger partial charge is 0.353 e. The van der Waals surface area contributed by atoms with Crippen LogP contribution in [0.15, 0.2) is 0 Å². The third-order valence-corrected chi connectivity index (χ3v) is 4.46. The van der Waals surface area contributed by atoms with Gasteiger partial charge in [0.2, 0.25) is 11.8 Å². The maximum Gasteiger partial charge on any atom is 0.225 e. The van der Waals surface area contributed by atoms with E-state index in [4.69, 9.17) is 0 Å². The first-order valence-corrected chi connectivity index (χ1v) is 8.64. The van der Waals surface area contributed by atoms with Crippen LogP contribution in [0.3, 0.4) is 0 Å². The van der Waals surface area contributed by atoms with Crippen LogP contribution >= 0.6 is 0 Å². The van der Waals surface area contributed by atoms with Crippen LogP contribution in [0.2, 0.25) is 0 Å². The van der Waals surface area contributed by atoms with Gasteiger partial charge in [-0.3, -0.25) is 9.59 Å². The molecule has 4 heteroatoms. The van der Waals surface area contributed by atoms with E-state index in [-0.39, 0.29) is 17.9 Å². The van der Waals surface area contributed by atoms with Gasteiger partial charge >= 0.3 is 0 Å². The summed E-state index contributed by atoms with van der Waals surface area (Å²) in [6.45, 7) is 7.46. The molecule has 1 aliphatic heterocycles. The molecule has 0 bridgehead atoms. The Morgan fingerprint density at radius 1 is 1.14 bits per heavy atom. The topological polar surface area (TPSA) is 49.4 Å². The number of rotatable bonds is 8. The first kappa shape index (κ1) is 18.0. The number of hydrogen-bond acceptors (Lipinski definition) is 2. The van der Waals surface area contributed by atoms with Crippen molar-refractivity contribution in [3.8, 4) is 0 Å². The summed E-state index contributed by atoms with van der Waals surface area (Å²) in [5.41, 5.74) is 0. The van der Waals surface area contributed by atoms with Crippen LogP contribution < -0.4 is 5.32 Å². The van der Waals surface area contributed by atoms with E-state index in [1.54, 1.807) is 6.92 Å². The molecule has 122 valence electrons. The summed E-state index contributed by atoms with van der Waals surface area (Å²) in [5.74, 6) is 0.552. The zero-order valence-electron chi connectivity index (χ0n) is 14.0. The van der Waals surface area contributed by atoms with Crippen molar-refractivity contribution < 1.29 is 9.59 Å². The highest BCUT2D eigenvalue weighted by Gasteiger charge is 2.27. The molecule has 1 heterocycles. The van der Waals surface area contributed by atoms with Crippen LogP contribution in [0.5, 0.6) is 0 Å². The van der Waals surface area contributed by atoms with Crippen LogP contribution in [0, 0.1) is 5.92 Å². The van der Waals surface area contributed by atoms with Crippen molar-refractivity contribution in [1.29, 1.82) is 0 Å². The lowest BCUT2D eigenvalue weighted by molar-refractivity contribution is -0.137. The standard InChI is InChI=1S/C17H32N2O2/c1-4-6-7-8-9-15(5-2)17(21)19-12-10-16(11-13-19)18-14(3)20/h15-16H,4-13H2,1-3H3,(H,18,20). The molecule has 4 nitrogen and oxygen atoms in total. The Bertz CT molecular complexity index is 323. The average molecular weight is 296 g/mol. The van der Waals surface area contributed by atoms with Gasteiger partial charge in [-0.2, -0.15) is 0 Å². The van der Waals surface area contributed by atoms with Crippen molar-refractivity contribution in [3.63, 3.8) is 0 Å². The van der Waals surface area contributed by atoms with Crippen molar-refractivity contribution >= 4 is 11.8 Å². The molecule has 1 rings (SSSR count). The molecule has 0 aromatic heterocycles. The summed E-state index contributed by atoms with van der Waals surface area (Å²) in [4.78, 5) is 25.6. The monoisotopic (exact) mass is 296 g/mol. The highest BCUT2D eigenvalue weighted by molar-refractivity contribution is 5.79. The molecule has 1 unspecified atom stereocenters. The quantitative estimate of drug-likeness (QED) is 0.700. The van der Waals surface area contributed by atoms with Gasteiger partial charge in [-0.1, -0.05) is 39.5 Å². The fourth-order valence-electron chi connectivity index (χ4n) is 3.11. The second-order valence-electron chi connectivity index (χ2n) is 6.25. The number of carbonyl (C=O) groups is 2. The van der Waals surface area contributed by atoms with Gasteiger partial charge in [0.25, 0.3) is 0 Å². The zero-order valence-corrected chi connectivity index (χ0v) is 14.0. The van der Waals surface area contributed by atoms with Gasteiger partial charge < -0.3 is 10.2 Å². The molecule has 1 N–H and O–H groups in total. The Labute approximate surface area is 129 Å². The number of likely N-dealkylation sites (tertiary alicyclic amines) is 1. The van der Waals surface area contributed by atoms with E-state index in [1.807, 2.05) is 4.90 Å². The molecule has 1 aliphatic rings. The predicted molar refractivity (Wildman–Crippen MR) is 86.0 cm³/mol. The first-order chi connectivity index (χ1) is 10.1. The average Bonchev–Trinajstić information content (AvgIpc) is 2.47. The molecule has 0 spiro atoms. The van der Waals surface area contributed by atoms with Crippen molar-refractivity contribution in [2.45, 2.75) is 78.2 Å². The number of amides is 2. The number of nitrogens with one attached hydrogen (secondary N) is 1. The lowest BCUT2D eigenvalue weighted by Crippen LogP contribution is -2.47. The van der Waals surface area contributed by atoms with Gasteiger partial charge in [0.15, 0.2) is 0 Å². The van der Waals surface area contributed by atoms with Crippen molar-refractivity contribution in [2.24, 2.45) is 5.92 Å². The molecule has 0 aromatic rings. The molecular weight excluding hydrogens is 264 g/mol. The lowest BCUT2D eigenvalue weighted by atomic mass is 9.95. The summed E-state index contributed by atoms with van der Waals surface area (Å²) in [6.07, 6.45) is 8.66. The minimum absolute atomic E-state index is 0.0298. The molecule has 0 radical (unpaired) electrons. The van der Waals surface area contributed by atoms with Crippen LogP contribution in [-0.2, 0) is 9.59 Å². The summed E-state index contributed by atoms with van der Waals surface area (Å²) < 4.78 is 0. The number of hydrogen-bond donors (Lipinski definition) is 1. The van der Waals surface area contributed by atoms with Gasteiger partial charge in [-0.05, 0) is 25.7 Å². The Morgan fingerprint density at radius 2 is 1.81 bits per heavy atom. The number of carbonyl (C=O) groups excluding carboxylic acids is 2. The fourth-order valence-corrected chi connectivity index (χ4v) is 3.11. The van der Waals surface area contributed by atoms with Gasteiger partial charge in [-0.15, -0.1) is 0 Å². The normalized spacial score (nSPS) is 17.6. The van der Waals surface area contributed by atoms with Crippen LogP contribution in [0.25, 0.3) is 0 Å². The Hall–Kier alpha value is -1.06. The van der Waals surface area contributed by atoms with Gasteiger partial charge in [-0.25, -0.2) is 0 Å². The van der Waals surface area contributed by atoms with E-state index in [0.717, 1.165) is 38.8 Å². The molecule has 21 heavy (non-hydrogen) atoms. The second-order valence-corrected chi connectivity index (χ2v) is 6.25. The molecule has 1 atom stereocenters. The molecule has 0 aliphatic carbocycles. The van der Waals surface area contributed by atoms with Crippen molar-refractivity contribution in [2.75, 3.05) is 13.1 Å². The predicted octanol–water partition coefficient (Wildman–Crippen LogP) is 3.11. The van der Waals surface area contributed by atoms with Gasteiger partial charge in [0, 0.05) is 32.0 Å². The van der Waals surface area contributed by atoms with Gasteiger partial charge in [0.05, 0.1) is 0 Å². The Balaban J connectivity index is 2.34. The van der Waals surface area contributed by atoms with E-state index in [1.165, 1.54) is 25.7 Å². The zero-order chi connectivity index (χ0) is 15.7. The molecule has 1 fully saturated rings. The number of piperidine rings is 1. The van der Waals surface area contributed by atoms with E-state index < -0.39 is 0 Å². The summed E-state index contributed by atoms with van der Waals surface area (Å²) in [7, 11) is 0. The Kier molecular flexibility index (Phi) is 8.40. The van der Waals surface area contributed by atoms with E-state index in [2.05, 4.69) is 19.2 Å². The second kappa shape index (κ2) is 9.80. The van der Waals surface area contributed by atoms with Crippen molar-refractivity contribution in [3.05, 3.63) is 0 Å². The summed E-state index contributed by atoms with van der Waals surface area (Å²) in [5, 5.41) is 2.96. The minimum Gasteiger partial charge on any atom is -0.353 e. The van der Waals surface area contributed by atoms with Crippen LogP contribution in [0.4, 0.5) is 0 Å². The third kappa shape index (κ3) is 6.49. The molecular formula is C17H32N2O2. The number of unbranched alkanes of at least 4 members (excludes halogenated alkanes) is 3. The summed E-state index contributed by atoms with van der Waals surface area (Å²) >= 11 is 0. The lowest BCUT2D eigenvalue weighted by Gasteiger charge is -2.34. The van der Waals surface area contributed by atoms with Crippen LogP contribution in [-0.4, -0.2) is 35.8 Å². The SMILES string of the molecule is CCCCCCC(CC)C(=O)N1CCC(NC(C)=O)CC1. The number of nitrogens with zero attached hydrogens (tertiary/aromatic N) is 1. The third-order valence-electron chi connectivity index (χ3n) is 4.46. The molecule has 0 aromatic carbocycles. The fraction of sp³-hybridized carbons (Fsp3) is 0.882. The maximum absolute atomic E-state index is 12.6. The highest BCUT2D eigenvalue weighted by atomic mass is 16.2. The molecule has 0 saturated carbocycles. The maximum atomic E-state index is 12.6. The minimum atomic E-state index is 0.0298. The van der Waals surface area contributed by atoms with Crippen molar-refractivity contribution in [1.82, 2.24) is 10.2 Å². The molecule has 1 saturated heterocycles. The summed E-state index contributed by atoms with van der Waals surface area (Å²) in [6, 6.07) is 0.246. The van der Waals surface area contributed by atoms with E-state index in [9.17, 15) is 9.59 Å². The van der Waals surface area contributed by atoms with Gasteiger partial charge in [0.1, 0.15) is 0 Å². The highest BCUT2D eigenvalue weighted by Crippen LogP contribution is 2.20. The van der Waals surface area contributed by atoms with Crippen LogP contribution in [0.1, 0.15) is 72.1 Å². The first-order valence-electron chi connectivity index (χ1n) is 8.64. The van der Waals surface area contributed by atoms with E-state index >= 15 is 0 Å². The molecule has 2 amide bonds. The van der Waals surface area contributed by atoms with E-state index in [0.29, 0.717) is 5.91 Å². The Morgan fingerprint density at radius 3 is 2.33 bits per heavy atom.